The van der Waals surface area contributed by atoms with Crippen molar-refractivity contribution in [3.05, 3.63) is 65.8 Å². The van der Waals surface area contributed by atoms with Crippen molar-refractivity contribution in [2.24, 2.45) is 5.73 Å². The molecule has 0 amide bonds. The zero-order chi connectivity index (χ0) is 14.7. The largest absolute Gasteiger partial charge is 0.388 e. The molecule has 3 aromatic rings. The summed E-state index contributed by atoms with van der Waals surface area (Å²) in [6.45, 7) is 0. The standard InChI is InChI=1S/C16H16N4S/c17-15(18)11-13(12-5-2-1-3-6-12)20-9-8-19-16(20)14-7-4-10-21-14/h1-10,13H,11H2,(H3,17,18). The van der Waals surface area contributed by atoms with Crippen LogP contribution in [0.3, 0.4) is 0 Å². The number of hydrogen-bond acceptors (Lipinski definition) is 3. The Bertz CT molecular complexity index is 716. The Kier molecular flexibility index (Phi) is 3.83. The fourth-order valence-corrected chi connectivity index (χ4v) is 3.15. The van der Waals surface area contributed by atoms with Gasteiger partial charge in [0.2, 0.25) is 0 Å². The van der Waals surface area contributed by atoms with E-state index in [1.54, 1.807) is 17.5 Å². The van der Waals surface area contributed by atoms with Gasteiger partial charge in [-0.2, -0.15) is 0 Å². The quantitative estimate of drug-likeness (QED) is 0.558. The van der Waals surface area contributed by atoms with Crippen LogP contribution in [-0.2, 0) is 0 Å². The van der Waals surface area contributed by atoms with Gasteiger partial charge in [0.25, 0.3) is 0 Å². The lowest BCUT2D eigenvalue weighted by Crippen LogP contribution is -2.20. The molecule has 0 fully saturated rings. The third-order valence-electron chi connectivity index (χ3n) is 3.34. The second kappa shape index (κ2) is 5.93. The average Bonchev–Trinajstić information content (AvgIpc) is 3.16. The van der Waals surface area contributed by atoms with E-state index in [0.717, 1.165) is 16.3 Å². The maximum Gasteiger partial charge on any atom is 0.150 e. The summed E-state index contributed by atoms with van der Waals surface area (Å²) in [5, 5.41) is 9.71. The van der Waals surface area contributed by atoms with Crippen molar-refractivity contribution >= 4 is 17.2 Å². The second-order valence-corrected chi connectivity index (χ2v) is 5.74. The fraction of sp³-hybridized carbons (Fsp3) is 0.125. The van der Waals surface area contributed by atoms with Crippen molar-refractivity contribution < 1.29 is 0 Å². The molecule has 0 saturated heterocycles. The molecule has 0 aliphatic rings. The van der Waals surface area contributed by atoms with E-state index in [9.17, 15) is 0 Å². The molecule has 5 heteroatoms. The zero-order valence-electron chi connectivity index (χ0n) is 11.4. The number of hydrogen-bond donors (Lipinski definition) is 2. The molecule has 0 spiro atoms. The van der Waals surface area contributed by atoms with Crippen molar-refractivity contribution in [3.8, 4) is 10.7 Å². The molecule has 3 rings (SSSR count). The van der Waals surface area contributed by atoms with E-state index in [2.05, 4.69) is 27.8 Å². The van der Waals surface area contributed by atoms with Gasteiger partial charge in [0.1, 0.15) is 0 Å². The van der Waals surface area contributed by atoms with Crippen LogP contribution in [0.25, 0.3) is 10.7 Å². The van der Waals surface area contributed by atoms with E-state index in [-0.39, 0.29) is 11.9 Å². The molecule has 1 unspecified atom stereocenters. The number of thiophene rings is 1. The number of benzene rings is 1. The summed E-state index contributed by atoms with van der Waals surface area (Å²) in [4.78, 5) is 5.59. The number of aromatic nitrogens is 2. The summed E-state index contributed by atoms with van der Waals surface area (Å²) in [5.74, 6) is 1.09. The van der Waals surface area contributed by atoms with Crippen LogP contribution in [0.5, 0.6) is 0 Å². The van der Waals surface area contributed by atoms with Crippen molar-refractivity contribution in [1.29, 1.82) is 5.41 Å². The van der Waals surface area contributed by atoms with Crippen LogP contribution in [-0.4, -0.2) is 15.4 Å². The molecule has 0 saturated carbocycles. The Balaban J connectivity index is 2.06. The van der Waals surface area contributed by atoms with Gasteiger partial charge in [0.05, 0.1) is 16.8 Å². The highest BCUT2D eigenvalue weighted by molar-refractivity contribution is 7.13. The van der Waals surface area contributed by atoms with Crippen molar-refractivity contribution in [3.63, 3.8) is 0 Å². The molecule has 106 valence electrons. The maximum atomic E-state index is 7.67. The van der Waals surface area contributed by atoms with E-state index in [4.69, 9.17) is 11.1 Å². The lowest BCUT2D eigenvalue weighted by atomic mass is 10.0. The minimum absolute atomic E-state index is 0.0108. The van der Waals surface area contributed by atoms with Crippen molar-refractivity contribution in [2.75, 3.05) is 0 Å². The van der Waals surface area contributed by atoms with Gasteiger partial charge in [0, 0.05) is 18.8 Å². The van der Waals surface area contributed by atoms with E-state index in [1.807, 2.05) is 35.8 Å². The highest BCUT2D eigenvalue weighted by atomic mass is 32.1. The van der Waals surface area contributed by atoms with E-state index in [1.165, 1.54) is 0 Å². The Labute approximate surface area is 127 Å². The zero-order valence-corrected chi connectivity index (χ0v) is 12.3. The van der Waals surface area contributed by atoms with Crippen molar-refractivity contribution in [1.82, 2.24) is 9.55 Å². The summed E-state index contributed by atoms with van der Waals surface area (Å²) in [6.07, 6.45) is 4.22. The van der Waals surface area contributed by atoms with Crippen LogP contribution < -0.4 is 5.73 Å². The van der Waals surface area contributed by atoms with Crippen LogP contribution >= 0.6 is 11.3 Å². The smallest absolute Gasteiger partial charge is 0.150 e. The predicted octanol–water partition coefficient (Wildman–Crippen LogP) is 3.53. The molecular weight excluding hydrogens is 280 g/mol. The Morgan fingerprint density at radius 1 is 1.24 bits per heavy atom. The fourth-order valence-electron chi connectivity index (χ4n) is 2.42. The first-order valence-electron chi connectivity index (χ1n) is 6.70. The van der Waals surface area contributed by atoms with Gasteiger partial charge >= 0.3 is 0 Å². The van der Waals surface area contributed by atoms with Gasteiger partial charge in [-0.3, -0.25) is 5.41 Å². The maximum absolute atomic E-state index is 7.67. The third-order valence-corrected chi connectivity index (χ3v) is 4.21. The first kappa shape index (κ1) is 13.6. The summed E-state index contributed by atoms with van der Waals surface area (Å²) in [6, 6.07) is 14.2. The molecule has 1 atom stereocenters. The molecule has 2 heterocycles. The first-order valence-corrected chi connectivity index (χ1v) is 7.58. The Morgan fingerprint density at radius 3 is 2.71 bits per heavy atom. The van der Waals surface area contributed by atoms with E-state index < -0.39 is 0 Å². The number of nitrogens with two attached hydrogens (primary N) is 1. The highest BCUT2D eigenvalue weighted by Crippen LogP contribution is 2.30. The van der Waals surface area contributed by atoms with E-state index >= 15 is 0 Å². The molecule has 0 bridgehead atoms. The summed E-state index contributed by atoms with van der Waals surface area (Å²) >= 11 is 1.66. The average molecular weight is 296 g/mol. The Hall–Kier alpha value is -2.40. The first-order chi connectivity index (χ1) is 10.3. The molecule has 2 aromatic heterocycles. The van der Waals surface area contributed by atoms with Crippen LogP contribution in [0, 0.1) is 5.41 Å². The molecule has 0 radical (unpaired) electrons. The van der Waals surface area contributed by atoms with Gasteiger partial charge < -0.3 is 10.3 Å². The lowest BCUT2D eigenvalue weighted by molar-refractivity contribution is 0.609. The molecule has 0 aliphatic heterocycles. The molecular formula is C16H16N4S. The molecule has 1 aromatic carbocycles. The SMILES string of the molecule is N=C(N)CC(c1ccccc1)n1ccnc1-c1cccs1. The summed E-state index contributed by atoms with van der Waals surface area (Å²) < 4.78 is 2.10. The molecule has 4 nitrogen and oxygen atoms in total. The van der Waals surface area contributed by atoms with E-state index in [0.29, 0.717) is 6.42 Å². The van der Waals surface area contributed by atoms with Gasteiger partial charge in [0.15, 0.2) is 5.82 Å². The number of rotatable bonds is 5. The predicted molar refractivity (Wildman–Crippen MR) is 86.7 cm³/mol. The number of nitrogens with one attached hydrogen (secondary N) is 1. The second-order valence-electron chi connectivity index (χ2n) is 4.79. The van der Waals surface area contributed by atoms with Crippen molar-refractivity contribution in [2.45, 2.75) is 12.5 Å². The highest BCUT2D eigenvalue weighted by Gasteiger charge is 2.19. The third kappa shape index (κ3) is 2.87. The number of amidine groups is 1. The van der Waals surface area contributed by atoms with Gasteiger partial charge in [-0.15, -0.1) is 11.3 Å². The lowest BCUT2D eigenvalue weighted by Gasteiger charge is -2.20. The normalized spacial score (nSPS) is 12.2. The number of nitrogens with zero attached hydrogens (tertiary/aromatic N) is 2. The van der Waals surface area contributed by atoms with Crippen LogP contribution in [0.2, 0.25) is 0 Å². The topological polar surface area (TPSA) is 67.7 Å². The molecule has 21 heavy (non-hydrogen) atoms. The summed E-state index contributed by atoms with van der Waals surface area (Å²) in [7, 11) is 0. The molecule has 0 aliphatic carbocycles. The number of imidazole rings is 1. The molecule has 3 N–H and O–H groups in total. The Morgan fingerprint density at radius 2 is 2.05 bits per heavy atom. The minimum atomic E-state index is -0.0108. The minimum Gasteiger partial charge on any atom is -0.388 e. The summed E-state index contributed by atoms with van der Waals surface area (Å²) in [5.41, 5.74) is 6.79. The van der Waals surface area contributed by atoms with Crippen LogP contribution in [0.1, 0.15) is 18.0 Å². The van der Waals surface area contributed by atoms with Crippen LogP contribution in [0.15, 0.2) is 60.2 Å². The monoisotopic (exact) mass is 296 g/mol. The van der Waals surface area contributed by atoms with Gasteiger partial charge in [-0.1, -0.05) is 36.4 Å². The van der Waals surface area contributed by atoms with Crippen LogP contribution in [0.4, 0.5) is 0 Å². The van der Waals surface area contributed by atoms with Gasteiger partial charge in [-0.25, -0.2) is 4.98 Å². The van der Waals surface area contributed by atoms with Gasteiger partial charge in [-0.05, 0) is 17.0 Å².